The molecule has 1 aliphatic heterocycles. The zero-order valence-electron chi connectivity index (χ0n) is 24.5. The number of carbonyl (C=O) groups is 5. The molecule has 3 fully saturated rings. The lowest BCUT2D eigenvalue weighted by Gasteiger charge is -2.52. The lowest BCUT2D eigenvalue weighted by Crippen LogP contribution is -2.69. The number of allylic oxidation sites excluding steroid dienone is 1. The van der Waals surface area contributed by atoms with Gasteiger partial charge < -0.3 is 21.3 Å². The molecule has 5 N–H and O–H groups in total. The Kier molecular flexibility index (Phi) is 7.09. The van der Waals surface area contributed by atoms with E-state index in [0.29, 0.717) is 11.8 Å². The molecule has 1 aromatic rings. The Morgan fingerprint density at radius 1 is 1.19 bits per heavy atom. The summed E-state index contributed by atoms with van der Waals surface area (Å²) in [5.41, 5.74) is 2.43. The number of nitrogens with zero attached hydrogens (tertiary/aromatic N) is 2. The zero-order valence-corrected chi connectivity index (χ0v) is 24.5. The lowest BCUT2D eigenvalue weighted by atomic mass is 9.54. The first kappa shape index (κ1) is 29.6. The van der Waals surface area contributed by atoms with Gasteiger partial charge >= 0.3 is 0 Å². The van der Waals surface area contributed by atoms with Crippen molar-refractivity contribution in [2.24, 2.45) is 35.3 Å². The molecular weight excluding hydrogens is 559 g/mol. The first-order chi connectivity index (χ1) is 20.2. The quantitative estimate of drug-likeness (QED) is 0.284. The lowest BCUT2D eigenvalue weighted by molar-refractivity contribution is -0.165. The summed E-state index contributed by atoms with van der Waals surface area (Å²) in [5.74, 6) is -8.00. The molecule has 0 aromatic heterocycles. The summed E-state index contributed by atoms with van der Waals surface area (Å²) >= 11 is 0. The maximum atomic E-state index is 15.6. The summed E-state index contributed by atoms with van der Waals surface area (Å²) in [6, 6.07) is -0.0498. The minimum atomic E-state index is -2.35. The largest absolute Gasteiger partial charge is 0.505 e. The zero-order chi connectivity index (χ0) is 31.1. The highest BCUT2D eigenvalue weighted by atomic mass is 19.1. The molecule has 7 unspecified atom stereocenters. The van der Waals surface area contributed by atoms with Crippen molar-refractivity contribution in [2.45, 2.75) is 50.7 Å². The van der Waals surface area contributed by atoms with E-state index in [9.17, 15) is 34.2 Å². The molecule has 7 atom stereocenters. The fraction of sp³-hybridized carbons (Fsp3) is 0.581. The van der Waals surface area contributed by atoms with Gasteiger partial charge in [-0.15, -0.1) is 0 Å². The molecule has 1 aromatic carbocycles. The van der Waals surface area contributed by atoms with E-state index in [2.05, 4.69) is 5.32 Å². The number of halogens is 1. The number of ketones is 3. The third kappa shape index (κ3) is 4.36. The number of Topliss-reactive ketones (excluding diaryl/α,β-unsaturated/α-hetero) is 3. The summed E-state index contributed by atoms with van der Waals surface area (Å²) in [7, 11) is 3.16. The number of anilines is 1. The molecule has 0 spiro atoms. The molecule has 11 nitrogen and oxygen atoms in total. The number of phenols is 1. The van der Waals surface area contributed by atoms with Crippen molar-refractivity contribution in [1.82, 2.24) is 9.80 Å². The van der Waals surface area contributed by atoms with Crippen LogP contribution in [0.5, 0.6) is 5.75 Å². The van der Waals surface area contributed by atoms with Crippen molar-refractivity contribution in [3.05, 3.63) is 34.2 Å². The van der Waals surface area contributed by atoms with E-state index in [-0.39, 0.29) is 47.3 Å². The van der Waals surface area contributed by atoms with Gasteiger partial charge in [-0.2, -0.15) is 0 Å². The van der Waals surface area contributed by atoms with E-state index < -0.39 is 70.1 Å². The molecule has 1 saturated heterocycles. The maximum absolute atomic E-state index is 15.6. The van der Waals surface area contributed by atoms with Crippen LogP contribution in [-0.2, 0) is 25.6 Å². The van der Waals surface area contributed by atoms with Gasteiger partial charge in [0.25, 0.3) is 0 Å². The molecule has 4 aliphatic carbocycles. The minimum Gasteiger partial charge on any atom is -0.505 e. The molecular formula is C31H37FN4O7. The van der Waals surface area contributed by atoms with Gasteiger partial charge in [-0.1, -0.05) is 6.42 Å². The van der Waals surface area contributed by atoms with Crippen LogP contribution in [0.1, 0.15) is 48.5 Å². The van der Waals surface area contributed by atoms with Gasteiger partial charge in [-0.3, -0.25) is 33.8 Å². The number of hydrogen-bond donors (Lipinski definition) is 4. The standard InChI is InChI=1S/C31H37FN4O7/c1-13-22-16(8-18-25(35(2)3)28(40)24(30(33)42)29(41)31(13,18)43)7-17-19(32)9-20(26(38)23(17)27(22)39)34-21(37)12-36-10-14-5-4-6-15(14)11-36/h9,14-16,18,24-25,38,43H,4-8,10-12H2,1-3H3,(H2,33,42)(H,34,37). The van der Waals surface area contributed by atoms with Gasteiger partial charge in [0.1, 0.15) is 5.82 Å². The van der Waals surface area contributed by atoms with Crippen molar-refractivity contribution < 1.29 is 38.6 Å². The topological polar surface area (TPSA) is 170 Å². The predicted molar refractivity (Wildman–Crippen MR) is 151 cm³/mol. The number of likely N-dealkylation sites (N-methyl/N-ethyl adjacent to an activating group) is 1. The second-order valence-corrected chi connectivity index (χ2v) is 13.2. The summed E-state index contributed by atoms with van der Waals surface area (Å²) in [6.45, 7) is 3.10. The van der Waals surface area contributed by atoms with Gasteiger partial charge in [-0.25, -0.2) is 4.39 Å². The number of primary amides is 1. The van der Waals surface area contributed by atoms with E-state index in [1.165, 1.54) is 18.2 Å². The van der Waals surface area contributed by atoms with Crippen LogP contribution >= 0.6 is 0 Å². The van der Waals surface area contributed by atoms with Crippen LogP contribution in [0.15, 0.2) is 17.2 Å². The molecule has 6 rings (SSSR count). The number of benzene rings is 1. The molecule has 5 aliphatic rings. The van der Waals surface area contributed by atoms with Crippen molar-refractivity contribution >= 4 is 34.9 Å². The van der Waals surface area contributed by atoms with Crippen molar-refractivity contribution in [1.29, 1.82) is 0 Å². The molecule has 12 heteroatoms. The summed E-state index contributed by atoms with van der Waals surface area (Å²) < 4.78 is 15.6. The highest BCUT2D eigenvalue weighted by molar-refractivity contribution is 6.25. The number of nitrogens with two attached hydrogens (primary N) is 1. The Morgan fingerprint density at radius 3 is 2.44 bits per heavy atom. The van der Waals surface area contributed by atoms with Crippen LogP contribution in [0, 0.1) is 35.4 Å². The molecule has 43 heavy (non-hydrogen) atoms. The van der Waals surface area contributed by atoms with Gasteiger partial charge in [0, 0.05) is 36.2 Å². The third-order valence-corrected chi connectivity index (χ3v) is 10.6. The number of likely N-dealkylation sites (tertiary alicyclic amines) is 1. The van der Waals surface area contributed by atoms with E-state index >= 15 is 4.39 Å². The van der Waals surface area contributed by atoms with E-state index in [0.717, 1.165) is 32.0 Å². The van der Waals surface area contributed by atoms with E-state index in [4.69, 9.17) is 5.73 Å². The molecule has 1 heterocycles. The van der Waals surface area contributed by atoms with Gasteiger partial charge in [0.15, 0.2) is 34.6 Å². The minimum absolute atomic E-state index is 0.0172. The monoisotopic (exact) mass is 596 g/mol. The van der Waals surface area contributed by atoms with Crippen molar-refractivity contribution in [3.8, 4) is 5.75 Å². The van der Waals surface area contributed by atoms with Crippen LogP contribution in [0.2, 0.25) is 0 Å². The number of nitrogens with one attached hydrogen (secondary N) is 1. The van der Waals surface area contributed by atoms with Crippen LogP contribution in [0.3, 0.4) is 0 Å². The molecule has 230 valence electrons. The first-order valence-electron chi connectivity index (χ1n) is 14.8. The Hall–Kier alpha value is -3.48. The number of amides is 2. The highest BCUT2D eigenvalue weighted by Crippen LogP contribution is 2.53. The van der Waals surface area contributed by atoms with Crippen LogP contribution in [-0.4, -0.2) is 94.5 Å². The second kappa shape index (κ2) is 10.3. The van der Waals surface area contributed by atoms with Gasteiger partial charge in [-0.05, 0) is 70.0 Å². The Bertz CT molecular complexity index is 1490. The van der Waals surface area contributed by atoms with Gasteiger partial charge in [0.05, 0.1) is 23.8 Å². The third-order valence-electron chi connectivity index (χ3n) is 10.6. The van der Waals surface area contributed by atoms with Crippen LogP contribution in [0.25, 0.3) is 0 Å². The number of rotatable bonds is 5. The highest BCUT2D eigenvalue weighted by Gasteiger charge is 2.64. The maximum Gasteiger partial charge on any atom is 0.238 e. The first-order valence-corrected chi connectivity index (χ1v) is 14.8. The SMILES string of the molecule is CC1=C2C(=O)c3c(O)c(NC(=O)CN4CC5CCCC5C4)cc(F)c3CC2CC2C(N(C)C)C(=O)C(C(N)=O)C(=O)C12O. The molecule has 2 amide bonds. The average Bonchev–Trinajstić information content (AvgIpc) is 3.50. The Labute approximate surface area is 248 Å². The number of hydrogen-bond acceptors (Lipinski definition) is 9. The van der Waals surface area contributed by atoms with Gasteiger partial charge in [0.2, 0.25) is 11.8 Å². The van der Waals surface area contributed by atoms with Crippen molar-refractivity contribution in [2.75, 3.05) is 39.0 Å². The van der Waals surface area contributed by atoms with Crippen LogP contribution in [0.4, 0.5) is 10.1 Å². The number of aromatic hydroxyl groups is 1. The Balaban J connectivity index is 1.34. The number of phenolic OH excluding ortho intramolecular Hbond substituents is 1. The second-order valence-electron chi connectivity index (χ2n) is 13.2. The fourth-order valence-corrected chi connectivity index (χ4v) is 8.71. The number of carbonyl (C=O) groups excluding carboxylic acids is 5. The summed E-state index contributed by atoms with van der Waals surface area (Å²) in [5, 5.41) is 25.7. The smallest absolute Gasteiger partial charge is 0.238 e. The number of aliphatic hydroxyl groups is 1. The van der Waals surface area contributed by atoms with E-state index in [1.54, 1.807) is 14.1 Å². The molecule has 0 bridgehead atoms. The average molecular weight is 597 g/mol. The van der Waals surface area contributed by atoms with Crippen molar-refractivity contribution in [3.63, 3.8) is 0 Å². The normalized spacial score (nSPS) is 33.8. The molecule has 0 radical (unpaired) electrons. The molecule has 2 saturated carbocycles. The van der Waals surface area contributed by atoms with Crippen LogP contribution < -0.4 is 11.1 Å². The summed E-state index contributed by atoms with van der Waals surface area (Å²) in [6.07, 6.45) is 3.45. The fourth-order valence-electron chi connectivity index (χ4n) is 8.71. The summed E-state index contributed by atoms with van der Waals surface area (Å²) in [4.78, 5) is 69.4. The number of fused-ring (bicyclic) bond motifs is 4. The van der Waals surface area contributed by atoms with E-state index in [1.807, 2.05) is 4.90 Å². The predicted octanol–water partition coefficient (Wildman–Crippen LogP) is 0.808. The Morgan fingerprint density at radius 2 is 1.84 bits per heavy atom.